The van der Waals surface area contributed by atoms with Crippen molar-refractivity contribution in [2.75, 3.05) is 30.7 Å². The number of fused-ring (bicyclic) bond motifs is 3. The number of aliphatic hydroxyl groups is 1. The number of esters is 4. The maximum absolute atomic E-state index is 12.2. The Balaban J connectivity index is 1.82. The Labute approximate surface area is 241 Å². The first-order chi connectivity index (χ1) is 19.5. The monoisotopic (exact) mass is 593 g/mol. The fourth-order valence-corrected chi connectivity index (χ4v) is 5.51. The molecule has 4 rings (SSSR count). The van der Waals surface area contributed by atoms with Gasteiger partial charge in [0.15, 0.2) is 12.2 Å². The van der Waals surface area contributed by atoms with E-state index in [2.05, 4.69) is 0 Å². The predicted molar refractivity (Wildman–Crippen MR) is 144 cm³/mol. The molecule has 2 aromatic carbocycles. The quantitative estimate of drug-likeness (QED) is 0.259. The number of hydrogen-bond acceptors (Lipinski definition) is 12. The third kappa shape index (κ3) is 6.66. The van der Waals surface area contributed by atoms with Gasteiger partial charge in [0.05, 0.1) is 0 Å². The summed E-state index contributed by atoms with van der Waals surface area (Å²) in [6.07, 6.45) is -6.60. The molecule has 0 amide bonds. The molecule has 2 aromatic rings. The van der Waals surface area contributed by atoms with Crippen molar-refractivity contribution in [1.29, 1.82) is 0 Å². The van der Waals surface area contributed by atoms with E-state index in [1.165, 1.54) is 6.92 Å². The average molecular weight is 594 g/mol. The number of alkyl halides is 1. The number of aliphatic hydroxyl groups excluding tert-OH is 1. The average Bonchev–Trinajstić information content (AvgIpc) is 3.28. The van der Waals surface area contributed by atoms with Crippen LogP contribution in [0.2, 0.25) is 0 Å². The summed E-state index contributed by atoms with van der Waals surface area (Å²) in [7, 11) is 0. The van der Waals surface area contributed by atoms with Crippen LogP contribution in [-0.4, -0.2) is 85.5 Å². The molecule has 6 atom stereocenters. The molecule has 2 aliphatic heterocycles. The summed E-state index contributed by atoms with van der Waals surface area (Å²) >= 11 is 6.28. The number of carbonyl (C=O) groups is 4. The SMILES string of the molecule is CC(=O)OC[C@H]1O[C@@H](Oc2cc3c(c4ccccc24)C(CCl)CN3CO)[C@H](OC(C)=O)[C@@H](OC(C)=O)[C@H]1OC(C)=O. The number of nitrogens with zero attached hydrogens (tertiary/aromatic N) is 1. The van der Waals surface area contributed by atoms with E-state index in [-0.39, 0.29) is 19.3 Å². The molecule has 13 heteroatoms. The third-order valence-electron chi connectivity index (χ3n) is 6.76. The van der Waals surface area contributed by atoms with Gasteiger partial charge in [-0.3, -0.25) is 19.2 Å². The standard InChI is InChI=1S/C28H32ClNO11/c1-14(32)36-12-23-25(37-15(2)33)26(38-16(3)34)27(39-17(4)35)28(41-23)40-22-9-21-24(18(10-29)11-30(21)13-31)20-8-6-5-7-19(20)22/h5-9,18,23,25-28,31H,10-13H2,1-4H3/t18?,23-,25+,26+,27-,28-/m1/s1. The van der Waals surface area contributed by atoms with E-state index < -0.39 is 54.6 Å². The van der Waals surface area contributed by atoms with Gasteiger partial charge in [-0.25, -0.2) is 0 Å². The van der Waals surface area contributed by atoms with Crippen LogP contribution in [0, 0.1) is 0 Å². The number of benzene rings is 2. The zero-order chi connectivity index (χ0) is 29.8. The van der Waals surface area contributed by atoms with E-state index in [1.54, 1.807) is 11.0 Å². The fourth-order valence-electron chi connectivity index (χ4n) is 5.26. The van der Waals surface area contributed by atoms with Gasteiger partial charge in [-0.2, -0.15) is 0 Å². The highest BCUT2D eigenvalue weighted by atomic mass is 35.5. The Kier molecular flexibility index (Phi) is 9.57. The second-order valence-corrected chi connectivity index (χ2v) is 10.1. The third-order valence-corrected chi connectivity index (χ3v) is 7.14. The van der Waals surface area contributed by atoms with Crippen LogP contribution in [0.25, 0.3) is 10.8 Å². The fraction of sp³-hybridized carbons (Fsp3) is 0.500. The lowest BCUT2D eigenvalue weighted by Crippen LogP contribution is -2.63. The van der Waals surface area contributed by atoms with Crippen LogP contribution in [0.5, 0.6) is 5.75 Å². The molecule has 0 aliphatic carbocycles. The summed E-state index contributed by atoms with van der Waals surface area (Å²) in [5, 5.41) is 11.6. The molecule has 1 N–H and O–H groups in total. The maximum atomic E-state index is 12.2. The van der Waals surface area contributed by atoms with Crippen molar-refractivity contribution in [1.82, 2.24) is 0 Å². The topological polar surface area (TPSA) is 147 Å². The molecule has 2 heterocycles. The minimum Gasteiger partial charge on any atom is -0.463 e. The van der Waals surface area contributed by atoms with Crippen LogP contribution in [0.4, 0.5) is 5.69 Å². The number of carbonyl (C=O) groups excluding carboxylic acids is 4. The molecular formula is C28H32ClNO11. The number of halogens is 1. The van der Waals surface area contributed by atoms with Gasteiger partial charge in [-0.1, -0.05) is 24.3 Å². The summed E-state index contributed by atoms with van der Waals surface area (Å²) in [4.78, 5) is 49.7. The summed E-state index contributed by atoms with van der Waals surface area (Å²) in [6, 6.07) is 9.17. The number of ether oxygens (including phenoxy) is 6. The van der Waals surface area contributed by atoms with E-state index >= 15 is 0 Å². The van der Waals surface area contributed by atoms with Crippen LogP contribution in [0.1, 0.15) is 39.2 Å². The molecule has 41 heavy (non-hydrogen) atoms. The van der Waals surface area contributed by atoms with Crippen LogP contribution in [0.15, 0.2) is 30.3 Å². The Hall–Kier alpha value is -3.61. The highest BCUT2D eigenvalue weighted by Crippen LogP contribution is 2.46. The summed E-state index contributed by atoms with van der Waals surface area (Å²) in [6.45, 7) is 4.52. The molecule has 1 fully saturated rings. The van der Waals surface area contributed by atoms with E-state index in [9.17, 15) is 24.3 Å². The first-order valence-electron chi connectivity index (χ1n) is 13.0. The predicted octanol–water partition coefficient (Wildman–Crippen LogP) is 2.39. The lowest BCUT2D eigenvalue weighted by atomic mass is 9.95. The first-order valence-corrected chi connectivity index (χ1v) is 13.5. The molecule has 222 valence electrons. The minimum absolute atomic E-state index is 0.0385. The van der Waals surface area contributed by atoms with E-state index in [1.807, 2.05) is 24.3 Å². The number of rotatable bonds is 9. The van der Waals surface area contributed by atoms with Crippen LogP contribution < -0.4 is 9.64 Å². The van der Waals surface area contributed by atoms with Crippen molar-refractivity contribution in [2.45, 2.75) is 64.3 Å². The second-order valence-electron chi connectivity index (χ2n) is 9.75. The first kappa shape index (κ1) is 30.4. The molecule has 0 spiro atoms. The molecule has 12 nitrogen and oxygen atoms in total. The number of anilines is 1. The highest BCUT2D eigenvalue weighted by Gasteiger charge is 2.53. The van der Waals surface area contributed by atoms with Gasteiger partial charge in [0.25, 0.3) is 0 Å². The van der Waals surface area contributed by atoms with Crippen LogP contribution in [0.3, 0.4) is 0 Å². The van der Waals surface area contributed by atoms with Gasteiger partial charge in [0.2, 0.25) is 12.4 Å². The van der Waals surface area contributed by atoms with E-state index in [4.69, 9.17) is 40.0 Å². The van der Waals surface area contributed by atoms with Crippen LogP contribution in [-0.2, 0) is 42.9 Å². The maximum Gasteiger partial charge on any atom is 0.303 e. The zero-order valence-electron chi connectivity index (χ0n) is 23.0. The van der Waals surface area contributed by atoms with Crippen molar-refractivity contribution in [2.24, 2.45) is 0 Å². The van der Waals surface area contributed by atoms with Crippen molar-refractivity contribution in [3.8, 4) is 5.75 Å². The minimum atomic E-state index is -1.40. The van der Waals surface area contributed by atoms with Gasteiger partial charge >= 0.3 is 23.9 Å². The van der Waals surface area contributed by atoms with Crippen molar-refractivity contribution in [3.05, 3.63) is 35.9 Å². The Morgan fingerprint density at radius 1 is 0.927 bits per heavy atom. The Morgan fingerprint density at radius 2 is 1.54 bits per heavy atom. The van der Waals surface area contributed by atoms with Crippen molar-refractivity contribution in [3.63, 3.8) is 0 Å². The summed E-state index contributed by atoms with van der Waals surface area (Å²) < 4.78 is 34.1. The normalized spacial score (nSPS) is 25.3. The van der Waals surface area contributed by atoms with Gasteiger partial charge in [-0.05, 0) is 10.9 Å². The molecule has 0 aromatic heterocycles. The lowest BCUT2D eigenvalue weighted by Gasteiger charge is -2.44. The van der Waals surface area contributed by atoms with Gasteiger partial charge in [0.1, 0.15) is 25.2 Å². The molecule has 1 unspecified atom stereocenters. The Bertz CT molecular complexity index is 1320. The highest BCUT2D eigenvalue weighted by molar-refractivity contribution is 6.18. The zero-order valence-corrected chi connectivity index (χ0v) is 23.8. The molecule has 1 saturated heterocycles. The summed E-state index contributed by atoms with van der Waals surface area (Å²) in [5.41, 5.74) is 1.66. The van der Waals surface area contributed by atoms with Gasteiger partial charge in [-0.15, -0.1) is 11.6 Å². The molecular weight excluding hydrogens is 562 g/mol. The van der Waals surface area contributed by atoms with Gasteiger partial charge in [0, 0.05) is 63.2 Å². The summed E-state index contributed by atoms with van der Waals surface area (Å²) in [5.74, 6) is -2.22. The van der Waals surface area contributed by atoms with Crippen LogP contribution >= 0.6 is 11.6 Å². The molecule has 2 aliphatic rings. The number of hydrogen-bond donors (Lipinski definition) is 1. The Morgan fingerprint density at radius 3 is 2.12 bits per heavy atom. The van der Waals surface area contributed by atoms with Gasteiger partial charge < -0.3 is 38.4 Å². The second kappa shape index (κ2) is 12.9. The lowest BCUT2D eigenvalue weighted by molar-refractivity contribution is -0.288. The molecule has 0 bridgehead atoms. The molecule has 0 radical (unpaired) electrons. The van der Waals surface area contributed by atoms with Crippen molar-refractivity contribution < 1.29 is 52.7 Å². The largest absolute Gasteiger partial charge is 0.463 e. The smallest absolute Gasteiger partial charge is 0.303 e. The molecule has 0 saturated carbocycles. The van der Waals surface area contributed by atoms with E-state index in [0.29, 0.717) is 29.2 Å². The van der Waals surface area contributed by atoms with E-state index in [0.717, 1.165) is 31.7 Å². The van der Waals surface area contributed by atoms with Crippen molar-refractivity contribution >= 4 is 51.9 Å².